The van der Waals surface area contributed by atoms with Crippen LogP contribution < -0.4 is 10.6 Å². The smallest absolute Gasteiger partial charge is 0.221 e. The predicted octanol–water partition coefficient (Wildman–Crippen LogP) is 4.00. The van der Waals surface area contributed by atoms with Crippen LogP contribution in [0, 0.1) is 16.7 Å². The van der Waals surface area contributed by atoms with Crippen molar-refractivity contribution in [3.05, 3.63) is 59.3 Å². The first-order valence-corrected chi connectivity index (χ1v) is 12.9. The maximum Gasteiger partial charge on any atom is 0.221 e. The molecule has 8 nitrogen and oxygen atoms in total. The van der Waals surface area contributed by atoms with Gasteiger partial charge in [-0.15, -0.1) is 11.3 Å². The monoisotopic (exact) mass is 496 g/mol. The molecule has 5 atom stereocenters. The minimum absolute atomic E-state index is 0.0193. The molecule has 0 aliphatic heterocycles. The second kappa shape index (κ2) is 9.37. The average molecular weight is 497 g/mol. The van der Waals surface area contributed by atoms with Crippen LogP contribution in [0.25, 0.3) is 0 Å². The van der Waals surface area contributed by atoms with Crippen molar-refractivity contribution in [3.8, 4) is 0 Å². The van der Waals surface area contributed by atoms with Crippen molar-refractivity contribution in [2.24, 2.45) is 16.7 Å². The first kappa shape index (κ1) is 24.0. The van der Waals surface area contributed by atoms with Crippen molar-refractivity contribution in [2.45, 2.75) is 58.1 Å². The Morgan fingerprint density at radius 3 is 2.89 bits per heavy atom. The number of carbonyl (C=O) groups is 1. The standard InChI is InChI=1S/C26H32N4O4S/c1-25-8-7-21(32)26(2,15-31)20(25)12-19-23(30-24(35-19)29-16-5-3-9-27-13-16)18(25)11-22(33)28-14-17-6-4-10-34-17/h3-6,9-10,13,18,20-21,31-32H,7-8,11-12,14-15H2,1-2H3,(H,28,33)(H,29,30). The fourth-order valence-electron chi connectivity index (χ4n) is 6.12. The third kappa shape index (κ3) is 4.37. The maximum atomic E-state index is 13.1. The minimum Gasteiger partial charge on any atom is -0.467 e. The molecular formula is C26H32N4O4S. The molecule has 0 radical (unpaired) electrons. The third-order valence-corrected chi connectivity index (χ3v) is 9.24. The molecule has 35 heavy (non-hydrogen) atoms. The largest absolute Gasteiger partial charge is 0.467 e. The first-order valence-electron chi connectivity index (χ1n) is 12.1. The number of rotatable bonds is 7. The fraction of sp³-hybridized carbons (Fsp3) is 0.500. The number of hydrogen-bond donors (Lipinski definition) is 4. The summed E-state index contributed by atoms with van der Waals surface area (Å²) in [5, 5.41) is 28.4. The highest BCUT2D eigenvalue weighted by Gasteiger charge is 2.59. The van der Waals surface area contributed by atoms with Gasteiger partial charge in [0, 0.05) is 28.8 Å². The van der Waals surface area contributed by atoms with Crippen LogP contribution in [0.2, 0.25) is 0 Å². The highest BCUT2D eigenvalue weighted by Crippen LogP contribution is 2.62. The van der Waals surface area contributed by atoms with E-state index in [0.29, 0.717) is 18.7 Å². The topological polar surface area (TPSA) is 121 Å². The van der Waals surface area contributed by atoms with E-state index in [2.05, 4.69) is 22.5 Å². The van der Waals surface area contributed by atoms with E-state index in [1.807, 2.05) is 25.1 Å². The Kier molecular flexibility index (Phi) is 6.41. The number of thiazole rings is 1. The molecule has 1 saturated carbocycles. The molecule has 2 aliphatic rings. The number of carbonyl (C=O) groups excluding carboxylic acids is 1. The van der Waals surface area contributed by atoms with E-state index < -0.39 is 11.5 Å². The van der Waals surface area contributed by atoms with Gasteiger partial charge in [-0.1, -0.05) is 13.8 Å². The molecule has 0 bridgehead atoms. The number of fused-ring (bicyclic) bond motifs is 2. The van der Waals surface area contributed by atoms with Crippen molar-refractivity contribution >= 4 is 28.1 Å². The SMILES string of the molecule is CC1(CO)C(O)CCC2(C)C(CC(=O)NCc3ccco3)c3nc(Nc4cccnc4)sc3CC12. The van der Waals surface area contributed by atoms with Gasteiger partial charge in [-0.3, -0.25) is 9.78 Å². The molecule has 1 amide bonds. The van der Waals surface area contributed by atoms with E-state index in [1.165, 1.54) is 0 Å². The molecule has 1 fully saturated rings. The van der Waals surface area contributed by atoms with Gasteiger partial charge in [0.2, 0.25) is 5.91 Å². The van der Waals surface area contributed by atoms with Crippen LogP contribution in [0.4, 0.5) is 10.8 Å². The molecule has 3 heterocycles. The Balaban J connectivity index is 1.47. The molecule has 3 aromatic heterocycles. The summed E-state index contributed by atoms with van der Waals surface area (Å²) in [5.74, 6) is 0.528. The zero-order valence-electron chi connectivity index (χ0n) is 20.0. The molecule has 3 aromatic rings. The molecule has 0 spiro atoms. The number of aliphatic hydroxyl groups is 2. The second-order valence-corrected chi connectivity index (χ2v) is 11.4. The number of hydrogen-bond acceptors (Lipinski definition) is 8. The van der Waals surface area contributed by atoms with Gasteiger partial charge in [-0.05, 0) is 54.9 Å². The van der Waals surface area contributed by atoms with Crippen LogP contribution in [0.1, 0.15) is 55.4 Å². The van der Waals surface area contributed by atoms with E-state index in [1.54, 1.807) is 36.1 Å². The summed E-state index contributed by atoms with van der Waals surface area (Å²) in [6, 6.07) is 7.44. The molecule has 0 saturated heterocycles. The molecule has 4 N–H and O–H groups in total. The Labute approximate surface area is 208 Å². The third-order valence-electron chi connectivity index (χ3n) is 8.24. The predicted molar refractivity (Wildman–Crippen MR) is 133 cm³/mol. The number of pyridine rings is 1. The number of furan rings is 1. The van der Waals surface area contributed by atoms with Gasteiger partial charge >= 0.3 is 0 Å². The molecule has 5 unspecified atom stereocenters. The van der Waals surface area contributed by atoms with Gasteiger partial charge in [-0.25, -0.2) is 4.98 Å². The molecule has 9 heteroatoms. The number of nitrogens with zero attached hydrogens (tertiary/aromatic N) is 2. The zero-order chi connectivity index (χ0) is 24.6. The van der Waals surface area contributed by atoms with Crippen LogP contribution in [0.5, 0.6) is 0 Å². The van der Waals surface area contributed by atoms with Gasteiger partial charge < -0.3 is 25.3 Å². The lowest BCUT2D eigenvalue weighted by Crippen LogP contribution is -2.57. The number of amides is 1. The van der Waals surface area contributed by atoms with Crippen LogP contribution in [-0.4, -0.2) is 38.8 Å². The Bertz CT molecular complexity index is 1170. The maximum absolute atomic E-state index is 13.1. The molecule has 186 valence electrons. The van der Waals surface area contributed by atoms with Crippen molar-refractivity contribution in [1.82, 2.24) is 15.3 Å². The Hall–Kier alpha value is -2.75. The molecular weight excluding hydrogens is 464 g/mol. The number of nitrogens with one attached hydrogen (secondary N) is 2. The lowest BCUT2D eigenvalue weighted by molar-refractivity contribution is -0.144. The second-order valence-electron chi connectivity index (χ2n) is 10.3. The minimum atomic E-state index is -0.644. The Morgan fingerprint density at radius 2 is 2.17 bits per heavy atom. The van der Waals surface area contributed by atoms with Crippen LogP contribution >= 0.6 is 11.3 Å². The summed E-state index contributed by atoms with van der Waals surface area (Å²) in [4.78, 5) is 23.4. The van der Waals surface area contributed by atoms with Crippen molar-refractivity contribution < 1.29 is 19.4 Å². The van der Waals surface area contributed by atoms with Crippen molar-refractivity contribution in [1.29, 1.82) is 0 Å². The highest BCUT2D eigenvalue weighted by molar-refractivity contribution is 7.15. The summed E-state index contributed by atoms with van der Waals surface area (Å²) in [6.07, 6.45) is 6.85. The average Bonchev–Trinajstić information content (AvgIpc) is 3.52. The molecule has 2 aliphatic carbocycles. The lowest BCUT2D eigenvalue weighted by atomic mass is 9.47. The number of aliphatic hydroxyl groups excluding tert-OH is 2. The molecule has 5 rings (SSSR count). The van der Waals surface area contributed by atoms with Gasteiger partial charge in [0.05, 0.1) is 43.1 Å². The van der Waals surface area contributed by atoms with E-state index in [9.17, 15) is 15.0 Å². The quantitative estimate of drug-likeness (QED) is 0.390. The lowest BCUT2D eigenvalue weighted by Gasteiger charge is -2.58. The van der Waals surface area contributed by atoms with Crippen LogP contribution in [-0.2, 0) is 17.8 Å². The summed E-state index contributed by atoms with van der Waals surface area (Å²) in [5.41, 5.74) is 0.871. The van der Waals surface area contributed by atoms with Gasteiger partial charge in [0.25, 0.3) is 0 Å². The molecule has 0 aromatic carbocycles. The van der Waals surface area contributed by atoms with E-state index in [-0.39, 0.29) is 36.2 Å². The zero-order valence-corrected chi connectivity index (χ0v) is 20.8. The van der Waals surface area contributed by atoms with Gasteiger partial charge in [-0.2, -0.15) is 0 Å². The van der Waals surface area contributed by atoms with E-state index in [0.717, 1.165) is 34.2 Å². The summed E-state index contributed by atoms with van der Waals surface area (Å²) in [7, 11) is 0. The van der Waals surface area contributed by atoms with Crippen LogP contribution in [0.3, 0.4) is 0 Å². The summed E-state index contributed by atoms with van der Waals surface area (Å²) in [6.45, 7) is 4.43. The summed E-state index contributed by atoms with van der Waals surface area (Å²) >= 11 is 1.58. The van der Waals surface area contributed by atoms with Crippen molar-refractivity contribution in [2.75, 3.05) is 11.9 Å². The fourth-order valence-corrected chi connectivity index (χ4v) is 7.20. The summed E-state index contributed by atoms with van der Waals surface area (Å²) < 4.78 is 5.36. The normalized spacial score (nSPS) is 29.8. The van der Waals surface area contributed by atoms with Gasteiger partial charge in [0.15, 0.2) is 5.13 Å². The highest BCUT2D eigenvalue weighted by atomic mass is 32.1. The van der Waals surface area contributed by atoms with Gasteiger partial charge in [0.1, 0.15) is 5.76 Å². The number of anilines is 2. The van der Waals surface area contributed by atoms with Crippen molar-refractivity contribution in [3.63, 3.8) is 0 Å². The van der Waals surface area contributed by atoms with E-state index in [4.69, 9.17) is 9.40 Å². The van der Waals surface area contributed by atoms with Crippen LogP contribution in [0.15, 0.2) is 47.3 Å². The Morgan fingerprint density at radius 1 is 1.31 bits per heavy atom. The number of aromatic nitrogens is 2. The first-order chi connectivity index (χ1) is 16.8. The van der Waals surface area contributed by atoms with E-state index >= 15 is 0 Å².